The monoisotopic (exact) mass is 718 g/mol. The van der Waals surface area contributed by atoms with Crippen molar-refractivity contribution >= 4 is 41.0 Å². The molecule has 4 unspecified atom stereocenters. The van der Waals surface area contributed by atoms with Crippen LogP contribution >= 0.6 is 22.6 Å². The molecule has 2 saturated heterocycles. The lowest BCUT2D eigenvalue weighted by atomic mass is 9.45. The van der Waals surface area contributed by atoms with Crippen LogP contribution in [-0.2, 0) is 23.6 Å². The summed E-state index contributed by atoms with van der Waals surface area (Å²) < 4.78 is 25.5. The van der Waals surface area contributed by atoms with Gasteiger partial charge >= 0.3 is 7.12 Å². The van der Waals surface area contributed by atoms with Gasteiger partial charge in [0.1, 0.15) is 0 Å². The number of benzene rings is 1. The van der Waals surface area contributed by atoms with Crippen molar-refractivity contribution in [3.05, 3.63) is 42.0 Å². The number of hydrogen-bond donors (Lipinski definition) is 2. The van der Waals surface area contributed by atoms with E-state index in [0.717, 1.165) is 36.7 Å². The zero-order valence-corrected chi connectivity index (χ0v) is 29.1. The van der Waals surface area contributed by atoms with Crippen molar-refractivity contribution in [1.29, 1.82) is 0 Å². The van der Waals surface area contributed by atoms with Crippen LogP contribution in [-0.4, -0.2) is 62.0 Å². The lowest BCUT2D eigenvalue weighted by molar-refractivity contribution is -0.152. The van der Waals surface area contributed by atoms with Crippen molar-refractivity contribution in [2.45, 2.75) is 132 Å². The first kappa shape index (κ1) is 31.8. The van der Waals surface area contributed by atoms with Gasteiger partial charge in [0, 0.05) is 11.3 Å². The Morgan fingerprint density at radius 2 is 1.73 bits per heavy atom. The van der Waals surface area contributed by atoms with Crippen LogP contribution in [0.1, 0.15) is 92.9 Å². The number of fused-ring (bicyclic) bond motifs is 6. The molecular weight excluding hydrogens is 670 g/mol. The number of rotatable bonds is 5. The maximum atomic E-state index is 14.0. The SMILES string of the molecule is CC(C)(O)CC[C@H]1OB(c2ccccc2)O[C@]1(C)[C@H]1CC[C@@]2(O)C3=CC(=O)[C@@H]4C[C@H]5OC(C)(I)O[C@H]5CC4(C)C3CCC12C. The first-order valence-corrected chi connectivity index (χ1v) is 17.7. The summed E-state index contributed by atoms with van der Waals surface area (Å²) in [7, 11) is -0.510. The molecule has 0 amide bonds. The predicted molar refractivity (Wildman–Crippen MR) is 176 cm³/mol. The first-order chi connectivity index (χ1) is 20.5. The van der Waals surface area contributed by atoms with E-state index in [2.05, 4.69) is 43.4 Å². The van der Waals surface area contributed by atoms with Crippen LogP contribution in [0.2, 0.25) is 0 Å². The third-order valence-corrected chi connectivity index (χ3v) is 13.4. The Morgan fingerprint density at radius 3 is 2.43 bits per heavy atom. The molecule has 2 N–H and O–H groups in total. The number of alkyl halides is 1. The molecule has 1 aromatic carbocycles. The standard InChI is InChI=1S/C35H48BIO7/c1-30(2,39)15-14-29-33(5,44-36(43-29)21-10-8-7-9-11-21)28-13-17-35(40)23-18-25(38)24-19-26-27(42-34(6,37)41-26)20-31(24,3)22(23)12-16-32(28,35)4/h7-11,18,22,24,26-29,39-40H,12-17,19-20H2,1-6H3/t22?,24-,26+,27-,28-,29+,31?,32?,33+,34?,35+/m0/s1. The summed E-state index contributed by atoms with van der Waals surface area (Å²) in [6.45, 7) is 12.3. The van der Waals surface area contributed by atoms with Crippen LogP contribution in [0.5, 0.6) is 0 Å². The minimum Gasteiger partial charge on any atom is -0.402 e. The molecule has 0 spiro atoms. The van der Waals surface area contributed by atoms with Gasteiger partial charge in [0.05, 0.1) is 35.1 Å². The predicted octanol–water partition coefficient (Wildman–Crippen LogP) is 5.48. The second-order valence-electron chi connectivity index (χ2n) is 16.1. The fourth-order valence-electron chi connectivity index (χ4n) is 10.6. The van der Waals surface area contributed by atoms with E-state index >= 15 is 0 Å². The van der Waals surface area contributed by atoms with Crippen molar-refractivity contribution in [3.8, 4) is 0 Å². The molecule has 5 fully saturated rings. The molecule has 240 valence electrons. The van der Waals surface area contributed by atoms with E-state index in [1.54, 1.807) is 0 Å². The molecule has 11 atom stereocenters. The Kier molecular flexibility index (Phi) is 7.47. The summed E-state index contributed by atoms with van der Waals surface area (Å²) in [6.07, 6.45) is 7.26. The van der Waals surface area contributed by atoms with Gasteiger partial charge in [-0.05, 0) is 136 Å². The van der Waals surface area contributed by atoms with Gasteiger partial charge in [0.25, 0.3) is 0 Å². The maximum absolute atomic E-state index is 14.0. The second kappa shape index (κ2) is 10.3. The molecule has 1 aromatic rings. The third kappa shape index (κ3) is 4.76. The van der Waals surface area contributed by atoms with E-state index in [-0.39, 0.29) is 47.3 Å². The van der Waals surface area contributed by atoms with Crippen LogP contribution in [0.3, 0.4) is 0 Å². The van der Waals surface area contributed by atoms with E-state index in [0.29, 0.717) is 25.7 Å². The summed E-state index contributed by atoms with van der Waals surface area (Å²) in [6, 6.07) is 10.1. The van der Waals surface area contributed by atoms with Crippen molar-refractivity contribution in [3.63, 3.8) is 0 Å². The zero-order valence-electron chi connectivity index (χ0n) is 27.0. The topological polar surface area (TPSA) is 94.5 Å². The van der Waals surface area contributed by atoms with Gasteiger partial charge in [-0.3, -0.25) is 4.79 Å². The number of ether oxygens (including phenoxy) is 2. The fourth-order valence-corrected chi connectivity index (χ4v) is 11.2. The highest BCUT2D eigenvalue weighted by Crippen LogP contribution is 2.70. The highest BCUT2D eigenvalue weighted by molar-refractivity contribution is 14.1. The average Bonchev–Trinajstić information content (AvgIpc) is 3.53. The van der Waals surface area contributed by atoms with Crippen molar-refractivity contribution < 1.29 is 33.8 Å². The minimum atomic E-state index is -1.11. The summed E-state index contributed by atoms with van der Waals surface area (Å²) in [4.78, 5) is 14.0. The largest absolute Gasteiger partial charge is 0.494 e. The molecule has 44 heavy (non-hydrogen) atoms. The average molecular weight is 718 g/mol. The molecule has 2 heterocycles. The van der Waals surface area contributed by atoms with Gasteiger partial charge in [-0.2, -0.15) is 0 Å². The zero-order chi connectivity index (χ0) is 31.5. The van der Waals surface area contributed by atoms with Crippen molar-refractivity contribution in [1.82, 2.24) is 0 Å². The molecule has 9 heteroatoms. The minimum absolute atomic E-state index is 0.00466. The van der Waals surface area contributed by atoms with Crippen LogP contribution in [0, 0.1) is 28.6 Å². The highest BCUT2D eigenvalue weighted by Gasteiger charge is 2.71. The van der Waals surface area contributed by atoms with E-state index in [1.807, 2.05) is 57.2 Å². The molecule has 3 saturated carbocycles. The van der Waals surface area contributed by atoms with Gasteiger partial charge in [-0.15, -0.1) is 0 Å². The fraction of sp³-hybridized carbons (Fsp3) is 0.743. The van der Waals surface area contributed by atoms with Crippen LogP contribution in [0.4, 0.5) is 0 Å². The number of carbonyl (C=O) groups is 1. The Bertz CT molecular complexity index is 1350. The Hall–Kier alpha value is -0.815. The smallest absolute Gasteiger partial charge is 0.402 e. The number of aliphatic hydroxyl groups is 2. The summed E-state index contributed by atoms with van der Waals surface area (Å²) in [5.41, 5.74) is -1.49. The first-order valence-electron chi connectivity index (χ1n) is 16.6. The number of carbonyl (C=O) groups excluding carboxylic acids is 1. The van der Waals surface area contributed by atoms with Gasteiger partial charge in [0.15, 0.2) is 5.78 Å². The molecule has 2 aliphatic heterocycles. The van der Waals surface area contributed by atoms with Crippen molar-refractivity contribution in [2.24, 2.45) is 28.6 Å². The van der Waals surface area contributed by atoms with Crippen LogP contribution in [0.25, 0.3) is 0 Å². The summed E-state index contributed by atoms with van der Waals surface area (Å²) in [5.74, 6) is 0.121. The van der Waals surface area contributed by atoms with E-state index in [1.165, 1.54) is 0 Å². The van der Waals surface area contributed by atoms with Crippen LogP contribution in [0.15, 0.2) is 42.0 Å². The lowest BCUT2D eigenvalue weighted by Gasteiger charge is -2.60. The quantitative estimate of drug-likeness (QED) is 0.237. The van der Waals surface area contributed by atoms with E-state index in [4.69, 9.17) is 18.8 Å². The van der Waals surface area contributed by atoms with Crippen molar-refractivity contribution in [2.75, 3.05) is 0 Å². The molecule has 0 bridgehead atoms. The number of hydrogen-bond acceptors (Lipinski definition) is 7. The van der Waals surface area contributed by atoms with Gasteiger partial charge in [0.2, 0.25) is 3.79 Å². The Labute approximate surface area is 276 Å². The molecule has 7 rings (SSSR count). The Balaban J connectivity index is 1.22. The highest BCUT2D eigenvalue weighted by atomic mass is 127. The van der Waals surface area contributed by atoms with Gasteiger partial charge in [-0.1, -0.05) is 44.2 Å². The Morgan fingerprint density at radius 1 is 1.02 bits per heavy atom. The molecule has 0 radical (unpaired) electrons. The molecule has 7 nitrogen and oxygen atoms in total. The molecular formula is C35H48BIO7. The maximum Gasteiger partial charge on any atom is 0.494 e. The number of halogens is 1. The molecule has 0 aromatic heterocycles. The van der Waals surface area contributed by atoms with Gasteiger partial charge in [-0.25, -0.2) is 0 Å². The normalized spacial score (nSPS) is 48.4. The third-order valence-electron chi connectivity index (χ3n) is 12.9. The molecule has 4 aliphatic carbocycles. The van der Waals surface area contributed by atoms with E-state index < -0.39 is 33.1 Å². The summed E-state index contributed by atoms with van der Waals surface area (Å²) in [5, 5.41) is 23.6. The van der Waals surface area contributed by atoms with E-state index in [9.17, 15) is 15.0 Å². The number of ketones is 1. The van der Waals surface area contributed by atoms with Gasteiger partial charge < -0.3 is 29.0 Å². The molecule has 6 aliphatic rings. The van der Waals surface area contributed by atoms with Crippen LogP contribution < -0.4 is 5.46 Å². The second-order valence-corrected chi connectivity index (χ2v) is 18.1. The number of allylic oxidation sites excluding steroid dienone is 1. The summed E-state index contributed by atoms with van der Waals surface area (Å²) >= 11 is 2.22. The lowest BCUT2D eigenvalue weighted by Crippen LogP contribution is -2.62.